The monoisotopic (exact) mass is 276 g/mol. The number of nitrogens with zero attached hydrogens (tertiary/aromatic N) is 1. The largest absolute Gasteiger partial charge is 0.468 e. The summed E-state index contributed by atoms with van der Waals surface area (Å²) in [5, 5.41) is 0. The van der Waals surface area contributed by atoms with Gasteiger partial charge in [-0.2, -0.15) is 0 Å². The zero-order valence-electron chi connectivity index (χ0n) is 12.6. The van der Waals surface area contributed by atoms with E-state index in [1.807, 2.05) is 0 Å². The average Bonchev–Trinajstić information content (AvgIpc) is 3.18. The van der Waals surface area contributed by atoms with Crippen molar-refractivity contribution in [2.45, 2.75) is 38.3 Å². The van der Waals surface area contributed by atoms with Gasteiger partial charge in [-0.15, -0.1) is 0 Å². The molecule has 20 heavy (non-hydrogen) atoms. The third kappa shape index (κ3) is 2.86. The first-order chi connectivity index (χ1) is 9.55. The molecule has 1 aromatic carbocycles. The van der Waals surface area contributed by atoms with Crippen molar-refractivity contribution in [3.8, 4) is 0 Å². The van der Waals surface area contributed by atoms with Gasteiger partial charge in [0.2, 0.25) is 0 Å². The van der Waals surface area contributed by atoms with Gasteiger partial charge in [-0.1, -0.05) is 38.1 Å². The summed E-state index contributed by atoms with van der Waals surface area (Å²) in [7, 11) is 1.39. The van der Waals surface area contributed by atoms with E-state index in [1.165, 1.54) is 12.7 Å². The van der Waals surface area contributed by atoms with Crippen LogP contribution in [-0.2, 0) is 16.1 Å². The minimum atomic E-state index is -0.810. The topological polar surface area (TPSA) is 55.6 Å². The second-order valence-corrected chi connectivity index (χ2v) is 5.49. The number of hydrogen-bond donors (Lipinski definition) is 1. The van der Waals surface area contributed by atoms with E-state index in [9.17, 15) is 4.79 Å². The number of ether oxygens (including phenoxy) is 1. The second-order valence-electron chi connectivity index (χ2n) is 5.49. The predicted octanol–water partition coefficient (Wildman–Crippen LogP) is 1.89. The van der Waals surface area contributed by atoms with E-state index in [2.05, 4.69) is 43.0 Å². The maximum atomic E-state index is 11.6. The molecule has 1 aliphatic rings. The quantitative estimate of drug-likeness (QED) is 0.806. The highest BCUT2D eigenvalue weighted by Crippen LogP contribution is 2.50. The van der Waals surface area contributed by atoms with E-state index in [1.54, 1.807) is 0 Å². The van der Waals surface area contributed by atoms with Gasteiger partial charge in [-0.05, 0) is 30.6 Å². The number of benzene rings is 1. The number of methoxy groups -OCH3 is 1. The Morgan fingerprint density at radius 2 is 1.95 bits per heavy atom. The Labute approximate surface area is 120 Å². The van der Waals surface area contributed by atoms with Gasteiger partial charge in [-0.3, -0.25) is 9.69 Å². The molecular weight excluding hydrogens is 252 g/mol. The fourth-order valence-corrected chi connectivity index (χ4v) is 2.67. The normalized spacial score (nSPS) is 24.8. The summed E-state index contributed by atoms with van der Waals surface area (Å²) in [6.45, 7) is 7.40. The molecule has 1 aromatic rings. The van der Waals surface area contributed by atoms with Crippen molar-refractivity contribution in [1.29, 1.82) is 0 Å². The summed E-state index contributed by atoms with van der Waals surface area (Å²) in [4.78, 5) is 14.0. The van der Waals surface area contributed by atoms with Gasteiger partial charge in [0, 0.05) is 12.5 Å². The van der Waals surface area contributed by atoms with Crippen LogP contribution >= 0.6 is 0 Å². The highest BCUT2D eigenvalue weighted by molar-refractivity contribution is 5.86. The van der Waals surface area contributed by atoms with Crippen molar-refractivity contribution < 1.29 is 9.53 Å². The molecule has 1 aliphatic carbocycles. The molecule has 4 heteroatoms. The van der Waals surface area contributed by atoms with Crippen LogP contribution in [0.5, 0.6) is 0 Å². The Balaban J connectivity index is 2.02. The summed E-state index contributed by atoms with van der Waals surface area (Å²) in [5.74, 6) is -0.216. The number of carbonyl (C=O) groups excluding carboxylic acids is 1. The number of nitrogens with two attached hydrogens (primary N) is 1. The van der Waals surface area contributed by atoms with Crippen molar-refractivity contribution >= 4 is 5.97 Å². The summed E-state index contributed by atoms with van der Waals surface area (Å²) < 4.78 is 4.76. The van der Waals surface area contributed by atoms with Gasteiger partial charge in [0.1, 0.15) is 5.54 Å². The van der Waals surface area contributed by atoms with E-state index in [0.29, 0.717) is 6.42 Å². The third-order valence-corrected chi connectivity index (χ3v) is 4.25. The molecule has 1 saturated carbocycles. The SMILES string of the molecule is CCN(CC)Cc1ccc(C2CC2(N)C(=O)OC)cc1. The van der Waals surface area contributed by atoms with Crippen molar-refractivity contribution in [3.63, 3.8) is 0 Å². The Hall–Kier alpha value is -1.39. The summed E-state index contributed by atoms with van der Waals surface area (Å²) in [6, 6.07) is 8.43. The fourth-order valence-electron chi connectivity index (χ4n) is 2.67. The van der Waals surface area contributed by atoms with Crippen LogP contribution in [0.1, 0.15) is 37.3 Å². The van der Waals surface area contributed by atoms with Crippen LogP contribution < -0.4 is 5.73 Å². The molecule has 1 fully saturated rings. The van der Waals surface area contributed by atoms with Crippen LogP contribution in [-0.4, -0.2) is 36.6 Å². The third-order valence-electron chi connectivity index (χ3n) is 4.25. The Bertz CT molecular complexity index is 468. The molecule has 0 bridgehead atoms. The Morgan fingerprint density at radius 3 is 2.45 bits per heavy atom. The zero-order chi connectivity index (χ0) is 14.8. The van der Waals surface area contributed by atoms with Crippen molar-refractivity contribution in [2.75, 3.05) is 20.2 Å². The van der Waals surface area contributed by atoms with E-state index >= 15 is 0 Å². The van der Waals surface area contributed by atoms with E-state index < -0.39 is 5.54 Å². The molecule has 0 spiro atoms. The summed E-state index contributed by atoms with van der Waals surface area (Å²) >= 11 is 0. The highest BCUT2D eigenvalue weighted by atomic mass is 16.5. The standard InChI is InChI=1S/C16H24N2O2/c1-4-18(5-2)11-12-6-8-13(9-7-12)14-10-16(14,17)15(19)20-3/h6-9,14H,4-5,10-11,17H2,1-3H3. The van der Waals surface area contributed by atoms with Crippen LogP contribution in [0.25, 0.3) is 0 Å². The highest BCUT2D eigenvalue weighted by Gasteiger charge is 2.58. The molecule has 110 valence electrons. The van der Waals surface area contributed by atoms with Crippen LogP contribution in [0.3, 0.4) is 0 Å². The van der Waals surface area contributed by atoms with Gasteiger partial charge < -0.3 is 10.5 Å². The molecule has 0 radical (unpaired) electrons. The van der Waals surface area contributed by atoms with Crippen LogP contribution in [0, 0.1) is 0 Å². The molecule has 0 aromatic heterocycles. The second kappa shape index (κ2) is 5.94. The molecule has 0 aliphatic heterocycles. The molecule has 2 unspecified atom stereocenters. The van der Waals surface area contributed by atoms with Crippen LogP contribution in [0.4, 0.5) is 0 Å². The predicted molar refractivity (Wildman–Crippen MR) is 79.4 cm³/mol. The number of hydrogen-bond acceptors (Lipinski definition) is 4. The maximum absolute atomic E-state index is 11.6. The molecular formula is C16H24N2O2. The fraction of sp³-hybridized carbons (Fsp3) is 0.562. The van der Waals surface area contributed by atoms with Gasteiger partial charge >= 0.3 is 5.97 Å². The van der Waals surface area contributed by atoms with Gasteiger partial charge in [0.25, 0.3) is 0 Å². The molecule has 2 atom stereocenters. The lowest BCUT2D eigenvalue weighted by molar-refractivity contribution is -0.143. The van der Waals surface area contributed by atoms with Crippen molar-refractivity contribution in [1.82, 2.24) is 4.90 Å². The van der Waals surface area contributed by atoms with E-state index in [0.717, 1.165) is 25.2 Å². The first-order valence-electron chi connectivity index (χ1n) is 7.23. The average molecular weight is 276 g/mol. The first-order valence-corrected chi connectivity index (χ1v) is 7.23. The molecule has 0 saturated heterocycles. The lowest BCUT2D eigenvalue weighted by Crippen LogP contribution is -2.35. The van der Waals surface area contributed by atoms with Gasteiger partial charge in [0.15, 0.2) is 0 Å². The zero-order valence-corrected chi connectivity index (χ0v) is 12.6. The lowest BCUT2D eigenvalue weighted by Gasteiger charge is -2.18. The maximum Gasteiger partial charge on any atom is 0.326 e. The lowest BCUT2D eigenvalue weighted by atomic mass is 10.0. The minimum absolute atomic E-state index is 0.0949. The van der Waals surface area contributed by atoms with E-state index in [-0.39, 0.29) is 11.9 Å². The summed E-state index contributed by atoms with van der Waals surface area (Å²) in [6.07, 6.45) is 0.676. The molecule has 0 amide bonds. The molecule has 0 heterocycles. The number of rotatable bonds is 6. The van der Waals surface area contributed by atoms with Gasteiger partial charge in [0.05, 0.1) is 7.11 Å². The Morgan fingerprint density at radius 1 is 1.35 bits per heavy atom. The van der Waals surface area contributed by atoms with E-state index in [4.69, 9.17) is 10.5 Å². The first kappa shape index (κ1) is 15.0. The van der Waals surface area contributed by atoms with Crippen molar-refractivity contribution in [2.24, 2.45) is 5.73 Å². The summed E-state index contributed by atoms with van der Waals surface area (Å²) in [5.41, 5.74) is 7.66. The van der Waals surface area contributed by atoms with Crippen LogP contribution in [0.15, 0.2) is 24.3 Å². The Kier molecular flexibility index (Phi) is 4.45. The molecule has 2 rings (SSSR count). The smallest absolute Gasteiger partial charge is 0.326 e. The van der Waals surface area contributed by atoms with Crippen molar-refractivity contribution in [3.05, 3.63) is 35.4 Å². The molecule has 2 N–H and O–H groups in total. The number of esters is 1. The molecule has 4 nitrogen and oxygen atoms in total. The number of carbonyl (C=O) groups is 1. The van der Waals surface area contributed by atoms with Crippen LogP contribution in [0.2, 0.25) is 0 Å². The van der Waals surface area contributed by atoms with Gasteiger partial charge in [-0.25, -0.2) is 0 Å². The minimum Gasteiger partial charge on any atom is -0.468 e.